The van der Waals surface area contributed by atoms with Gasteiger partial charge in [0.1, 0.15) is 11.9 Å². The van der Waals surface area contributed by atoms with Crippen molar-refractivity contribution in [2.24, 2.45) is 11.8 Å². The molecule has 0 aromatic heterocycles. The molecule has 4 nitrogen and oxygen atoms in total. The number of ether oxygens (including phenoxy) is 1. The van der Waals surface area contributed by atoms with Crippen LogP contribution in [-0.4, -0.2) is 29.1 Å². The number of fused-ring (bicyclic) bond motifs is 1. The Balaban J connectivity index is 1.74. The van der Waals surface area contributed by atoms with Gasteiger partial charge in [0.2, 0.25) is 0 Å². The molecule has 2 aliphatic rings. The lowest BCUT2D eigenvalue weighted by molar-refractivity contribution is -0.147. The van der Waals surface area contributed by atoms with Crippen molar-refractivity contribution in [2.45, 2.75) is 57.2 Å². The molecule has 0 saturated heterocycles. The standard InChI is InChI=1S/C23H28O4/c24-21-16-22(25)20-15-14-18(13-12-17-8-4-3-5-9-17)27-23(26)11-7-2-1-6-10-19(20)21/h1,3-6,8-9,14-15,18-20,22,25H,2,7,10-13,16H2/b6-1-,15-14+/t18-,19+,20+,22+/m0/s1. The largest absolute Gasteiger partial charge is 0.458 e. The molecular weight excluding hydrogens is 340 g/mol. The molecule has 4 heteroatoms. The number of aryl methyl sites for hydroxylation is 1. The van der Waals surface area contributed by atoms with Gasteiger partial charge in [0.15, 0.2) is 0 Å². The van der Waals surface area contributed by atoms with Crippen molar-refractivity contribution in [3.05, 3.63) is 60.2 Å². The first kappa shape index (κ1) is 19.6. The van der Waals surface area contributed by atoms with Crippen molar-refractivity contribution in [1.29, 1.82) is 0 Å². The Morgan fingerprint density at radius 1 is 1.07 bits per heavy atom. The van der Waals surface area contributed by atoms with Crippen LogP contribution in [0.15, 0.2) is 54.6 Å². The van der Waals surface area contributed by atoms with E-state index in [2.05, 4.69) is 12.1 Å². The topological polar surface area (TPSA) is 63.6 Å². The second-order valence-corrected chi connectivity index (χ2v) is 7.46. The van der Waals surface area contributed by atoms with Crippen LogP contribution >= 0.6 is 0 Å². The zero-order valence-corrected chi connectivity index (χ0v) is 15.6. The number of aliphatic hydroxyl groups is 1. The number of aliphatic hydroxyl groups excluding tert-OH is 1. The number of carbonyl (C=O) groups excluding carboxylic acids is 2. The van der Waals surface area contributed by atoms with Crippen LogP contribution in [0.5, 0.6) is 0 Å². The average Bonchev–Trinajstić information content (AvgIpc) is 2.94. The Morgan fingerprint density at radius 3 is 2.70 bits per heavy atom. The Hall–Kier alpha value is -2.20. The third-order valence-corrected chi connectivity index (χ3v) is 5.43. The highest BCUT2D eigenvalue weighted by molar-refractivity contribution is 5.84. The molecular formula is C23H28O4. The van der Waals surface area contributed by atoms with Gasteiger partial charge < -0.3 is 9.84 Å². The summed E-state index contributed by atoms with van der Waals surface area (Å²) < 4.78 is 5.68. The van der Waals surface area contributed by atoms with Gasteiger partial charge in [-0.25, -0.2) is 0 Å². The van der Waals surface area contributed by atoms with Gasteiger partial charge in [0, 0.05) is 24.7 Å². The summed E-state index contributed by atoms with van der Waals surface area (Å²) in [7, 11) is 0. The first-order chi connectivity index (χ1) is 13.1. The Morgan fingerprint density at radius 2 is 1.89 bits per heavy atom. The van der Waals surface area contributed by atoms with E-state index in [-0.39, 0.29) is 36.1 Å². The van der Waals surface area contributed by atoms with Crippen LogP contribution in [-0.2, 0) is 20.7 Å². The summed E-state index contributed by atoms with van der Waals surface area (Å²) in [5, 5.41) is 10.3. The third-order valence-electron chi connectivity index (χ3n) is 5.43. The summed E-state index contributed by atoms with van der Waals surface area (Å²) in [6, 6.07) is 10.1. The number of carbonyl (C=O) groups is 2. The first-order valence-electron chi connectivity index (χ1n) is 9.91. The Labute approximate surface area is 160 Å². The smallest absolute Gasteiger partial charge is 0.306 e. The maximum atomic E-state index is 12.2. The van der Waals surface area contributed by atoms with Crippen molar-refractivity contribution < 1.29 is 19.4 Å². The van der Waals surface area contributed by atoms with Crippen LogP contribution in [0, 0.1) is 11.8 Å². The Bertz CT molecular complexity index is 692. The fraction of sp³-hybridized carbons (Fsp3) is 0.478. The Kier molecular flexibility index (Phi) is 6.99. The molecule has 1 N–H and O–H groups in total. The normalized spacial score (nSPS) is 31.7. The van der Waals surface area contributed by atoms with E-state index in [9.17, 15) is 14.7 Å². The second-order valence-electron chi connectivity index (χ2n) is 7.46. The number of ketones is 1. The molecule has 1 aliphatic carbocycles. The van der Waals surface area contributed by atoms with Crippen molar-refractivity contribution in [3.63, 3.8) is 0 Å². The summed E-state index contributed by atoms with van der Waals surface area (Å²) in [6.45, 7) is 0. The van der Waals surface area contributed by atoms with E-state index in [1.54, 1.807) is 0 Å². The number of hydrogen-bond acceptors (Lipinski definition) is 4. The fourth-order valence-electron chi connectivity index (χ4n) is 3.88. The van der Waals surface area contributed by atoms with Crippen molar-refractivity contribution in [3.8, 4) is 0 Å². The first-order valence-corrected chi connectivity index (χ1v) is 9.91. The van der Waals surface area contributed by atoms with Crippen LogP contribution in [0.2, 0.25) is 0 Å². The minimum Gasteiger partial charge on any atom is -0.458 e. The molecule has 27 heavy (non-hydrogen) atoms. The molecule has 144 valence electrons. The molecule has 4 atom stereocenters. The molecule has 1 heterocycles. The summed E-state index contributed by atoms with van der Waals surface area (Å²) in [4.78, 5) is 24.4. The highest BCUT2D eigenvalue weighted by Gasteiger charge is 2.39. The van der Waals surface area contributed by atoms with Crippen LogP contribution in [0.4, 0.5) is 0 Å². The third kappa shape index (κ3) is 5.64. The van der Waals surface area contributed by atoms with Gasteiger partial charge in [-0.2, -0.15) is 0 Å². The molecule has 1 saturated carbocycles. The van der Waals surface area contributed by atoms with Gasteiger partial charge in [-0.05, 0) is 43.7 Å². The minimum absolute atomic E-state index is 0.120. The molecule has 1 aromatic rings. The summed E-state index contributed by atoms with van der Waals surface area (Å²) in [5.41, 5.74) is 1.20. The number of hydrogen-bond donors (Lipinski definition) is 1. The minimum atomic E-state index is -0.650. The van der Waals surface area contributed by atoms with Crippen molar-refractivity contribution in [1.82, 2.24) is 0 Å². The van der Waals surface area contributed by atoms with E-state index in [4.69, 9.17) is 4.74 Å². The van der Waals surface area contributed by atoms with Crippen LogP contribution < -0.4 is 0 Å². The summed E-state index contributed by atoms with van der Waals surface area (Å²) in [6.07, 6.45) is 11.1. The highest BCUT2D eigenvalue weighted by atomic mass is 16.5. The van der Waals surface area contributed by atoms with E-state index >= 15 is 0 Å². The zero-order chi connectivity index (χ0) is 19.1. The molecule has 0 spiro atoms. The number of cyclic esters (lactones) is 1. The highest BCUT2D eigenvalue weighted by Crippen LogP contribution is 2.33. The van der Waals surface area contributed by atoms with Crippen LogP contribution in [0.25, 0.3) is 0 Å². The van der Waals surface area contributed by atoms with E-state index in [0.29, 0.717) is 19.3 Å². The average molecular weight is 368 g/mol. The van der Waals surface area contributed by atoms with Gasteiger partial charge in [-0.1, -0.05) is 48.6 Å². The molecule has 0 radical (unpaired) electrons. The predicted molar refractivity (Wildman–Crippen MR) is 104 cm³/mol. The van der Waals surface area contributed by atoms with Crippen LogP contribution in [0.1, 0.15) is 44.1 Å². The lowest BCUT2D eigenvalue weighted by atomic mass is 9.90. The van der Waals surface area contributed by atoms with Crippen LogP contribution in [0.3, 0.4) is 0 Å². The second kappa shape index (κ2) is 9.65. The maximum absolute atomic E-state index is 12.2. The molecule has 1 aromatic carbocycles. The van der Waals surface area contributed by atoms with E-state index < -0.39 is 6.10 Å². The number of allylic oxidation sites excluding steroid dienone is 2. The monoisotopic (exact) mass is 368 g/mol. The SMILES string of the molecule is O=C1CCC/C=C\C[C@H]2C(=O)C[C@@H](O)[C@@H]2/C=C/[C@H](CCc2ccccc2)O1. The molecule has 0 amide bonds. The van der Waals surface area contributed by atoms with Crippen molar-refractivity contribution >= 4 is 11.8 Å². The van der Waals surface area contributed by atoms with Gasteiger partial charge in [-0.15, -0.1) is 0 Å². The quantitative estimate of drug-likeness (QED) is 0.651. The van der Waals surface area contributed by atoms with Gasteiger partial charge in [-0.3, -0.25) is 9.59 Å². The zero-order valence-electron chi connectivity index (χ0n) is 15.6. The van der Waals surface area contributed by atoms with E-state index in [1.165, 1.54) is 5.56 Å². The number of benzene rings is 1. The van der Waals surface area contributed by atoms with Gasteiger partial charge >= 0.3 is 5.97 Å². The van der Waals surface area contributed by atoms with Gasteiger partial charge in [0.25, 0.3) is 0 Å². The molecule has 1 fully saturated rings. The number of esters is 1. The number of Topliss-reactive ketones (excluding diaryl/α,β-unsaturated/α-hetero) is 1. The lowest BCUT2D eigenvalue weighted by Gasteiger charge is -2.18. The molecule has 0 unspecified atom stereocenters. The molecule has 1 aliphatic heterocycles. The molecule has 0 bridgehead atoms. The number of rotatable bonds is 3. The van der Waals surface area contributed by atoms with E-state index in [0.717, 1.165) is 19.3 Å². The fourth-order valence-corrected chi connectivity index (χ4v) is 3.88. The molecule has 3 rings (SSSR count). The van der Waals surface area contributed by atoms with Gasteiger partial charge in [0.05, 0.1) is 6.10 Å². The lowest BCUT2D eigenvalue weighted by Crippen LogP contribution is -2.20. The van der Waals surface area contributed by atoms with E-state index in [1.807, 2.05) is 42.5 Å². The van der Waals surface area contributed by atoms with Crippen molar-refractivity contribution in [2.75, 3.05) is 0 Å². The maximum Gasteiger partial charge on any atom is 0.306 e. The summed E-state index contributed by atoms with van der Waals surface area (Å²) >= 11 is 0. The predicted octanol–water partition coefficient (Wildman–Crippen LogP) is 3.78. The summed E-state index contributed by atoms with van der Waals surface area (Å²) in [5.74, 6) is -0.459.